The minimum absolute atomic E-state index is 0.285. The van der Waals surface area contributed by atoms with Gasteiger partial charge < -0.3 is 4.74 Å². The number of carbonyl (C=O) groups is 2. The van der Waals surface area contributed by atoms with Crippen LogP contribution < -0.4 is 9.64 Å². The summed E-state index contributed by atoms with van der Waals surface area (Å²) in [5.41, 5.74) is 0.975. The number of imide groups is 1. The largest absolute Gasteiger partial charge is 0.496 e. The number of hydrogen-bond donors (Lipinski definition) is 0. The van der Waals surface area contributed by atoms with Crippen LogP contribution in [0.1, 0.15) is 6.92 Å². The summed E-state index contributed by atoms with van der Waals surface area (Å²) in [4.78, 5) is 24.6. The van der Waals surface area contributed by atoms with Crippen molar-refractivity contribution in [3.05, 3.63) is 34.3 Å². The highest BCUT2D eigenvalue weighted by atomic mass is 79.9. The van der Waals surface area contributed by atoms with Crippen LogP contribution >= 0.6 is 15.9 Å². The molecule has 17 heavy (non-hydrogen) atoms. The molecule has 1 heterocycles. The molecule has 88 valence electrons. The molecule has 0 atom stereocenters. The van der Waals surface area contributed by atoms with Crippen molar-refractivity contribution in [1.82, 2.24) is 0 Å². The Balaban J connectivity index is 2.40. The van der Waals surface area contributed by atoms with Gasteiger partial charge in [-0.3, -0.25) is 9.59 Å². The van der Waals surface area contributed by atoms with Crippen LogP contribution in [0.15, 0.2) is 34.3 Å². The molecule has 1 aromatic carbocycles. The topological polar surface area (TPSA) is 46.6 Å². The van der Waals surface area contributed by atoms with Crippen LogP contribution in [0.2, 0.25) is 0 Å². The van der Waals surface area contributed by atoms with Gasteiger partial charge in [-0.1, -0.05) is 0 Å². The van der Waals surface area contributed by atoms with Gasteiger partial charge in [0.2, 0.25) is 0 Å². The molecular weight excluding hydrogens is 286 g/mol. The fourth-order valence-electron chi connectivity index (χ4n) is 1.63. The van der Waals surface area contributed by atoms with E-state index < -0.39 is 0 Å². The maximum absolute atomic E-state index is 11.8. The second kappa shape index (κ2) is 4.33. The van der Waals surface area contributed by atoms with E-state index in [-0.39, 0.29) is 11.8 Å². The van der Waals surface area contributed by atoms with Crippen molar-refractivity contribution < 1.29 is 14.3 Å². The molecule has 2 rings (SSSR count). The smallest absolute Gasteiger partial charge is 0.261 e. The first-order valence-corrected chi connectivity index (χ1v) is 5.74. The molecule has 0 saturated heterocycles. The van der Waals surface area contributed by atoms with Crippen molar-refractivity contribution in [1.29, 1.82) is 0 Å². The molecule has 0 radical (unpaired) electrons. The van der Waals surface area contributed by atoms with Gasteiger partial charge in [0.1, 0.15) is 5.75 Å². The third-order valence-electron chi connectivity index (χ3n) is 2.49. The summed E-state index contributed by atoms with van der Waals surface area (Å²) in [6.45, 7) is 1.62. The summed E-state index contributed by atoms with van der Waals surface area (Å²) in [7, 11) is 1.55. The minimum Gasteiger partial charge on any atom is -0.496 e. The zero-order valence-electron chi connectivity index (χ0n) is 9.36. The molecule has 0 unspecified atom stereocenters. The number of methoxy groups -OCH3 is 1. The first kappa shape index (κ1) is 11.9. The maximum Gasteiger partial charge on any atom is 0.261 e. The number of anilines is 1. The average molecular weight is 296 g/mol. The monoisotopic (exact) mass is 295 g/mol. The van der Waals surface area contributed by atoms with Gasteiger partial charge in [-0.05, 0) is 41.1 Å². The Morgan fingerprint density at radius 2 is 2.00 bits per heavy atom. The van der Waals surface area contributed by atoms with Crippen molar-refractivity contribution in [2.24, 2.45) is 0 Å². The summed E-state index contributed by atoms with van der Waals surface area (Å²) in [5, 5.41) is 0. The van der Waals surface area contributed by atoms with Gasteiger partial charge >= 0.3 is 0 Å². The Labute approximate surface area is 107 Å². The van der Waals surface area contributed by atoms with E-state index in [2.05, 4.69) is 15.9 Å². The lowest BCUT2D eigenvalue weighted by molar-refractivity contribution is -0.120. The lowest BCUT2D eigenvalue weighted by Crippen LogP contribution is -2.30. The van der Waals surface area contributed by atoms with Crippen molar-refractivity contribution in [2.75, 3.05) is 12.0 Å². The van der Waals surface area contributed by atoms with E-state index >= 15 is 0 Å². The van der Waals surface area contributed by atoms with Crippen LogP contribution in [0, 0.1) is 0 Å². The Hall–Kier alpha value is -1.62. The van der Waals surface area contributed by atoms with Gasteiger partial charge in [0.05, 0.1) is 17.3 Å². The first-order chi connectivity index (χ1) is 8.04. The van der Waals surface area contributed by atoms with Gasteiger partial charge in [0.25, 0.3) is 11.8 Å². The Morgan fingerprint density at radius 1 is 1.29 bits per heavy atom. The molecule has 2 amide bonds. The van der Waals surface area contributed by atoms with E-state index in [0.717, 1.165) is 4.90 Å². The normalized spacial score (nSPS) is 15.2. The lowest BCUT2D eigenvalue weighted by atomic mass is 10.2. The molecule has 0 aromatic heterocycles. The number of rotatable bonds is 2. The molecule has 0 fully saturated rings. The zero-order valence-corrected chi connectivity index (χ0v) is 10.9. The second-order valence-corrected chi connectivity index (χ2v) is 4.48. The zero-order chi connectivity index (χ0) is 12.6. The van der Waals surface area contributed by atoms with Crippen molar-refractivity contribution in [3.8, 4) is 5.75 Å². The number of carbonyl (C=O) groups excluding carboxylic acids is 2. The summed E-state index contributed by atoms with van der Waals surface area (Å²) in [6.07, 6.45) is 1.33. The third kappa shape index (κ3) is 1.98. The average Bonchev–Trinajstić information content (AvgIpc) is 2.53. The van der Waals surface area contributed by atoms with Crippen LogP contribution in [0.3, 0.4) is 0 Å². The second-order valence-electron chi connectivity index (χ2n) is 3.62. The molecule has 1 aromatic rings. The highest BCUT2D eigenvalue weighted by molar-refractivity contribution is 9.10. The van der Waals surface area contributed by atoms with Crippen molar-refractivity contribution >= 4 is 33.4 Å². The highest BCUT2D eigenvalue weighted by Gasteiger charge is 2.29. The molecule has 0 N–H and O–H groups in total. The quantitative estimate of drug-likeness (QED) is 0.787. The summed E-state index contributed by atoms with van der Waals surface area (Å²) >= 11 is 3.32. The number of amides is 2. The molecule has 0 bridgehead atoms. The predicted octanol–water partition coefficient (Wildman–Crippen LogP) is 2.28. The number of nitrogens with zero attached hydrogens (tertiary/aromatic N) is 1. The Morgan fingerprint density at radius 3 is 2.47 bits per heavy atom. The van der Waals surface area contributed by atoms with Gasteiger partial charge in [-0.15, -0.1) is 0 Å². The molecule has 0 spiro atoms. The van der Waals surface area contributed by atoms with Crippen molar-refractivity contribution in [3.63, 3.8) is 0 Å². The molecular formula is C12H10BrNO3. The standard InChI is InChI=1S/C12H10BrNO3/c1-7-5-11(15)14(12(7)16)8-3-4-10(17-2)9(13)6-8/h3-6H,1-2H3. The lowest BCUT2D eigenvalue weighted by Gasteiger charge is -2.15. The fourth-order valence-corrected chi connectivity index (χ4v) is 2.16. The van der Waals surface area contributed by atoms with E-state index in [4.69, 9.17) is 4.74 Å². The molecule has 1 aliphatic heterocycles. The van der Waals surface area contributed by atoms with E-state index in [0.29, 0.717) is 21.5 Å². The SMILES string of the molecule is COc1ccc(N2C(=O)C=C(C)C2=O)cc1Br. The van der Waals surface area contributed by atoms with Crippen LogP contribution in [0.4, 0.5) is 5.69 Å². The van der Waals surface area contributed by atoms with E-state index in [1.165, 1.54) is 6.08 Å². The number of halogens is 1. The molecule has 0 saturated carbocycles. The fraction of sp³-hybridized carbons (Fsp3) is 0.167. The molecule has 1 aliphatic rings. The number of benzene rings is 1. The van der Waals surface area contributed by atoms with Gasteiger partial charge in [-0.25, -0.2) is 4.90 Å². The van der Waals surface area contributed by atoms with Crippen LogP contribution in [-0.4, -0.2) is 18.9 Å². The highest BCUT2D eigenvalue weighted by Crippen LogP contribution is 2.31. The molecule has 4 nitrogen and oxygen atoms in total. The van der Waals surface area contributed by atoms with Gasteiger partial charge in [0, 0.05) is 11.6 Å². The van der Waals surface area contributed by atoms with Crippen molar-refractivity contribution in [2.45, 2.75) is 6.92 Å². The van der Waals surface area contributed by atoms with Crippen LogP contribution in [0.25, 0.3) is 0 Å². The number of ether oxygens (including phenoxy) is 1. The first-order valence-electron chi connectivity index (χ1n) is 4.95. The van der Waals surface area contributed by atoms with Gasteiger partial charge in [-0.2, -0.15) is 0 Å². The molecule has 0 aliphatic carbocycles. The summed E-state index contributed by atoms with van der Waals surface area (Å²) in [6, 6.07) is 5.06. The van der Waals surface area contributed by atoms with E-state index in [9.17, 15) is 9.59 Å². The van der Waals surface area contributed by atoms with E-state index in [1.54, 1.807) is 32.2 Å². The van der Waals surface area contributed by atoms with E-state index in [1.807, 2.05) is 0 Å². The third-order valence-corrected chi connectivity index (χ3v) is 3.11. The minimum atomic E-state index is -0.315. The molecule has 5 heteroatoms. The predicted molar refractivity (Wildman–Crippen MR) is 66.9 cm³/mol. The summed E-state index contributed by atoms with van der Waals surface area (Å²) < 4.78 is 5.79. The van der Waals surface area contributed by atoms with Crippen LogP contribution in [-0.2, 0) is 9.59 Å². The number of hydrogen-bond acceptors (Lipinski definition) is 3. The Kier molecular flexibility index (Phi) is 3.02. The van der Waals surface area contributed by atoms with Crippen LogP contribution in [0.5, 0.6) is 5.75 Å². The Bertz CT molecular complexity index is 537. The van der Waals surface area contributed by atoms with Gasteiger partial charge in [0.15, 0.2) is 0 Å². The summed E-state index contributed by atoms with van der Waals surface area (Å²) in [5.74, 6) is 0.0501. The maximum atomic E-state index is 11.8.